The Labute approximate surface area is 249 Å². The number of ether oxygens (including phenoxy) is 1. The number of hydrogen-bond acceptors (Lipinski definition) is 7. The number of aryl methyl sites for hydroxylation is 1. The van der Waals surface area contributed by atoms with Crippen molar-refractivity contribution in [3.8, 4) is 6.01 Å². The summed E-state index contributed by atoms with van der Waals surface area (Å²) < 4.78 is 64.6. The molecule has 1 aliphatic carbocycles. The number of hydrogen-bond donors (Lipinski definition) is 1. The lowest BCUT2D eigenvalue weighted by atomic mass is 9.73. The van der Waals surface area contributed by atoms with Gasteiger partial charge in [-0.3, -0.25) is 4.79 Å². The maximum Gasteiger partial charge on any atom is 0.417 e. The number of piperazine rings is 1. The highest BCUT2D eigenvalue weighted by molar-refractivity contribution is 5.87. The Hall–Kier alpha value is -3.41. The van der Waals surface area contributed by atoms with Gasteiger partial charge in [0, 0.05) is 42.8 Å². The molecule has 234 valence electrons. The molecule has 3 aliphatic rings. The molecule has 12 heteroatoms. The molecule has 2 N–H and O–H groups in total. The van der Waals surface area contributed by atoms with E-state index in [0.29, 0.717) is 44.2 Å². The minimum Gasteiger partial charge on any atom is -0.462 e. The van der Waals surface area contributed by atoms with Crippen LogP contribution in [-0.4, -0.2) is 77.6 Å². The van der Waals surface area contributed by atoms with Crippen LogP contribution in [0.1, 0.15) is 60.6 Å². The molecule has 2 unspecified atom stereocenters. The topological polar surface area (TPSA) is 87.8 Å². The number of likely N-dealkylation sites (tertiary alicyclic amines) is 1. The second-order valence-corrected chi connectivity index (χ2v) is 12.2. The number of likely N-dealkylation sites (N-methyl/N-ethyl adjacent to an activating group) is 1. The normalized spacial score (nSPS) is 24.7. The van der Waals surface area contributed by atoms with E-state index in [-0.39, 0.29) is 47.6 Å². The predicted molar refractivity (Wildman–Crippen MR) is 157 cm³/mol. The van der Waals surface area contributed by atoms with E-state index in [4.69, 9.17) is 20.4 Å². The van der Waals surface area contributed by atoms with E-state index >= 15 is 4.39 Å². The van der Waals surface area contributed by atoms with Crippen LogP contribution < -0.4 is 15.4 Å². The number of amides is 1. The summed E-state index contributed by atoms with van der Waals surface area (Å²) >= 11 is 0. The van der Waals surface area contributed by atoms with Crippen molar-refractivity contribution < 1.29 is 27.1 Å². The molecule has 8 nitrogen and oxygen atoms in total. The Morgan fingerprint density at radius 2 is 1.95 bits per heavy atom. The van der Waals surface area contributed by atoms with Gasteiger partial charge in [0.15, 0.2) is 0 Å². The number of nitrogens with zero attached hydrogens (tertiary/aromatic N) is 5. The number of halogens is 4. The molecule has 2 fully saturated rings. The Kier molecular flexibility index (Phi) is 8.61. The van der Waals surface area contributed by atoms with Crippen LogP contribution in [0.15, 0.2) is 18.7 Å². The highest BCUT2D eigenvalue weighted by atomic mass is 19.4. The van der Waals surface area contributed by atoms with E-state index in [9.17, 15) is 18.0 Å². The Morgan fingerprint density at radius 1 is 1.21 bits per heavy atom. The highest BCUT2D eigenvalue weighted by Crippen LogP contribution is 2.47. The molecule has 5 rings (SSSR count). The van der Waals surface area contributed by atoms with Crippen LogP contribution in [0.3, 0.4) is 0 Å². The number of anilines is 2. The third-order valence-corrected chi connectivity index (χ3v) is 9.32. The second kappa shape index (κ2) is 11.9. The van der Waals surface area contributed by atoms with Crippen molar-refractivity contribution in [3.05, 3.63) is 52.5 Å². The molecule has 2 aromatic rings. The van der Waals surface area contributed by atoms with Crippen molar-refractivity contribution in [3.63, 3.8) is 0 Å². The number of rotatable bonds is 6. The number of carbonyl (C=O) groups is 1. The minimum absolute atomic E-state index is 0.0813. The van der Waals surface area contributed by atoms with Crippen LogP contribution in [0.4, 0.5) is 29.1 Å². The summed E-state index contributed by atoms with van der Waals surface area (Å²) in [5.74, 6) is -1.67. The molecular weight excluding hydrogens is 564 g/mol. The van der Waals surface area contributed by atoms with Crippen molar-refractivity contribution in [1.82, 2.24) is 19.8 Å². The van der Waals surface area contributed by atoms with Crippen LogP contribution in [0.5, 0.6) is 6.01 Å². The van der Waals surface area contributed by atoms with Gasteiger partial charge >= 0.3 is 12.2 Å². The third kappa shape index (κ3) is 6.03. The lowest BCUT2D eigenvalue weighted by molar-refractivity contribution is -0.139. The van der Waals surface area contributed by atoms with E-state index in [2.05, 4.69) is 16.4 Å². The SMILES string of the molecule is C=CC(=O)N1CCN(c2nc(OCC3CCCN3C)nc3c2C[C@H](C)[C@@H](c2c(F)c(N)cc(C)c2C(F)(F)F)C3)C(C)C1. The van der Waals surface area contributed by atoms with E-state index in [1.54, 1.807) is 4.90 Å². The Morgan fingerprint density at radius 3 is 2.58 bits per heavy atom. The van der Waals surface area contributed by atoms with Gasteiger partial charge in [-0.2, -0.15) is 23.1 Å². The second-order valence-electron chi connectivity index (χ2n) is 12.2. The standard InChI is InChI=1S/C31H40F4N6O2/c1-6-25(42)40-10-11-41(19(4)15-40)29-22-12-17(2)21(26-27(31(33,34)35)18(3)13-23(36)28(26)32)14-24(22)37-30(38-29)43-16-20-8-7-9-39(20)5/h6,13,17,19-21H,1,7-12,14-16,36H2,2-5H3/t17-,19?,20?,21-/m0/s1. The molecule has 1 aromatic heterocycles. The zero-order valence-corrected chi connectivity index (χ0v) is 25.2. The number of fused-ring (bicyclic) bond motifs is 1. The summed E-state index contributed by atoms with van der Waals surface area (Å²) in [4.78, 5) is 27.9. The number of nitrogen functional groups attached to an aromatic ring is 1. The molecule has 3 heterocycles. The number of nitrogens with two attached hydrogens (primary N) is 1. The fourth-order valence-corrected chi connectivity index (χ4v) is 6.97. The van der Waals surface area contributed by atoms with Crippen LogP contribution in [-0.2, 0) is 23.8 Å². The van der Waals surface area contributed by atoms with Gasteiger partial charge in [-0.25, -0.2) is 4.39 Å². The van der Waals surface area contributed by atoms with Crippen molar-refractivity contribution in [2.45, 2.75) is 70.6 Å². The van der Waals surface area contributed by atoms with Crippen molar-refractivity contribution in [2.75, 3.05) is 50.5 Å². The van der Waals surface area contributed by atoms with Crippen LogP contribution in [0, 0.1) is 18.7 Å². The number of benzene rings is 1. The molecule has 2 saturated heterocycles. The first-order valence-corrected chi connectivity index (χ1v) is 14.9. The lowest BCUT2D eigenvalue weighted by Crippen LogP contribution is -2.54. The summed E-state index contributed by atoms with van der Waals surface area (Å²) in [5, 5.41) is 0. The largest absolute Gasteiger partial charge is 0.462 e. The summed E-state index contributed by atoms with van der Waals surface area (Å²) in [6.45, 7) is 11.5. The summed E-state index contributed by atoms with van der Waals surface area (Å²) in [6, 6.07) is 1.32. The zero-order chi connectivity index (χ0) is 31.2. The molecule has 2 aliphatic heterocycles. The zero-order valence-electron chi connectivity index (χ0n) is 25.2. The van der Waals surface area contributed by atoms with Crippen molar-refractivity contribution >= 4 is 17.4 Å². The van der Waals surface area contributed by atoms with E-state index < -0.39 is 29.0 Å². The van der Waals surface area contributed by atoms with Gasteiger partial charge in [0.2, 0.25) is 5.91 Å². The Balaban J connectivity index is 1.56. The van der Waals surface area contributed by atoms with Gasteiger partial charge in [-0.15, -0.1) is 0 Å². The molecule has 1 aromatic carbocycles. The molecule has 43 heavy (non-hydrogen) atoms. The number of carbonyl (C=O) groups excluding carboxylic acids is 1. The first kappa shape index (κ1) is 31.0. The first-order chi connectivity index (χ1) is 20.3. The van der Waals surface area contributed by atoms with Crippen molar-refractivity contribution in [2.24, 2.45) is 5.92 Å². The van der Waals surface area contributed by atoms with Crippen LogP contribution in [0.25, 0.3) is 0 Å². The molecule has 4 atom stereocenters. The van der Waals surface area contributed by atoms with Gasteiger partial charge in [0.05, 0.1) is 16.9 Å². The third-order valence-electron chi connectivity index (χ3n) is 9.32. The summed E-state index contributed by atoms with van der Waals surface area (Å²) in [7, 11) is 2.04. The van der Waals surface area contributed by atoms with E-state index in [1.807, 2.05) is 20.9 Å². The molecule has 0 bridgehead atoms. The average Bonchev–Trinajstić information content (AvgIpc) is 3.36. The monoisotopic (exact) mass is 604 g/mol. The number of alkyl halides is 3. The molecule has 1 amide bonds. The van der Waals surface area contributed by atoms with Crippen LogP contribution in [0.2, 0.25) is 0 Å². The molecule has 0 spiro atoms. The Bertz CT molecular complexity index is 1400. The summed E-state index contributed by atoms with van der Waals surface area (Å²) in [6.07, 6.45) is -0.960. The molecular formula is C31H40F4N6O2. The maximum atomic E-state index is 15.5. The fourth-order valence-electron chi connectivity index (χ4n) is 6.97. The quantitative estimate of drug-likeness (QED) is 0.290. The van der Waals surface area contributed by atoms with Crippen LogP contribution >= 0.6 is 0 Å². The van der Waals surface area contributed by atoms with Gasteiger partial charge in [-0.05, 0) is 82.7 Å². The molecule has 0 radical (unpaired) electrons. The van der Waals surface area contributed by atoms with Gasteiger partial charge in [-0.1, -0.05) is 13.5 Å². The lowest BCUT2D eigenvalue weighted by Gasteiger charge is -2.42. The number of aromatic nitrogens is 2. The fraction of sp³-hybridized carbons (Fsp3) is 0.581. The summed E-state index contributed by atoms with van der Waals surface area (Å²) in [5.41, 5.74) is 5.46. The van der Waals surface area contributed by atoms with E-state index in [1.165, 1.54) is 13.0 Å². The highest BCUT2D eigenvalue weighted by Gasteiger charge is 2.43. The first-order valence-electron chi connectivity index (χ1n) is 14.9. The average molecular weight is 605 g/mol. The van der Waals surface area contributed by atoms with Gasteiger partial charge < -0.3 is 25.2 Å². The minimum atomic E-state index is -4.75. The maximum absolute atomic E-state index is 15.5. The van der Waals surface area contributed by atoms with Crippen molar-refractivity contribution in [1.29, 1.82) is 0 Å². The van der Waals surface area contributed by atoms with Gasteiger partial charge in [0.1, 0.15) is 18.2 Å². The molecule has 0 saturated carbocycles. The van der Waals surface area contributed by atoms with Gasteiger partial charge in [0.25, 0.3) is 0 Å². The van der Waals surface area contributed by atoms with E-state index in [0.717, 1.165) is 31.0 Å². The smallest absolute Gasteiger partial charge is 0.417 e. The predicted octanol–water partition coefficient (Wildman–Crippen LogP) is 4.74.